The fraction of sp³-hybridized carbons (Fsp3) is 0.350. The average Bonchev–Trinajstić information content (AvgIpc) is 3.37. The molecule has 0 saturated carbocycles. The molecule has 0 radical (unpaired) electrons. The minimum Gasteiger partial charge on any atom is -0.383 e. The molecular formula is C20H24N4OS. The Hall–Kier alpha value is -1.99. The predicted octanol–water partition coefficient (Wildman–Crippen LogP) is 3.47. The third kappa shape index (κ3) is 3.46. The van der Waals surface area contributed by atoms with Crippen LogP contribution in [0.25, 0.3) is 21.8 Å². The molecule has 0 aliphatic carbocycles. The van der Waals surface area contributed by atoms with Crippen LogP contribution in [0, 0.1) is 6.92 Å². The van der Waals surface area contributed by atoms with Crippen molar-refractivity contribution in [3.8, 4) is 21.8 Å². The quantitative estimate of drug-likeness (QED) is 0.700. The summed E-state index contributed by atoms with van der Waals surface area (Å²) in [5, 5.41) is 2.15. The van der Waals surface area contributed by atoms with Gasteiger partial charge in [0.25, 0.3) is 0 Å². The predicted molar refractivity (Wildman–Crippen MR) is 106 cm³/mol. The van der Waals surface area contributed by atoms with Crippen molar-refractivity contribution in [3.05, 3.63) is 53.7 Å². The van der Waals surface area contributed by atoms with Gasteiger partial charge in [-0.05, 0) is 30.4 Å². The normalized spacial score (nSPS) is 19.9. The summed E-state index contributed by atoms with van der Waals surface area (Å²) >= 11 is 1.78. The maximum Gasteiger partial charge on any atom is 0.0971 e. The van der Waals surface area contributed by atoms with Gasteiger partial charge in [-0.25, -0.2) is 4.98 Å². The number of aryl methyl sites for hydroxylation is 1. The van der Waals surface area contributed by atoms with Crippen LogP contribution < -0.4 is 10.9 Å². The van der Waals surface area contributed by atoms with Crippen LogP contribution in [0.2, 0.25) is 0 Å². The fourth-order valence-corrected chi connectivity index (χ4v) is 4.53. The minimum absolute atomic E-state index is 0.354. The van der Waals surface area contributed by atoms with E-state index in [0.29, 0.717) is 12.1 Å². The van der Waals surface area contributed by atoms with Crippen LogP contribution in [-0.4, -0.2) is 35.4 Å². The number of imidazole rings is 1. The monoisotopic (exact) mass is 368 g/mol. The lowest BCUT2D eigenvalue weighted by molar-refractivity contribution is 0.171. The van der Waals surface area contributed by atoms with Crippen LogP contribution in [0.15, 0.2) is 48.1 Å². The van der Waals surface area contributed by atoms with E-state index < -0.39 is 0 Å². The third-order valence-electron chi connectivity index (χ3n) is 4.81. The molecule has 0 amide bonds. The summed E-state index contributed by atoms with van der Waals surface area (Å²) in [5.41, 5.74) is 11.4. The first-order valence-electron chi connectivity index (χ1n) is 8.91. The van der Waals surface area contributed by atoms with Gasteiger partial charge in [0, 0.05) is 31.3 Å². The summed E-state index contributed by atoms with van der Waals surface area (Å²) in [7, 11) is 1.74. The van der Waals surface area contributed by atoms with Crippen molar-refractivity contribution in [2.45, 2.75) is 32.0 Å². The van der Waals surface area contributed by atoms with Gasteiger partial charge in [-0.2, -0.15) is 0 Å². The number of hydrazine groups is 1. The highest BCUT2D eigenvalue weighted by Gasteiger charge is 2.26. The zero-order valence-corrected chi connectivity index (χ0v) is 15.9. The molecule has 1 fully saturated rings. The number of hydrogen-bond donors (Lipinski definition) is 2. The molecule has 1 saturated heterocycles. The molecule has 1 aromatic carbocycles. The van der Waals surface area contributed by atoms with E-state index in [4.69, 9.17) is 9.72 Å². The lowest BCUT2D eigenvalue weighted by Crippen LogP contribution is -2.36. The molecule has 1 aliphatic heterocycles. The summed E-state index contributed by atoms with van der Waals surface area (Å²) < 4.78 is 7.55. The molecule has 1 aliphatic rings. The van der Waals surface area contributed by atoms with E-state index in [1.54, 1.807) is 18.4 Å². The van der Waals surface area contributed by atoms with E-state index in [2.05, 4.69) is 58.1 Å². The summed E-state index contributed by atoms with van der Waals surface area (Å²) in [6.45, 7) is 3.77. The van der Waals surface area contributed by atoms with E-state index in [-0.39, 0.29) is 0 Å². The number of ether oxygens (including phenoxy) is 1. The van der Waals surface area contributed by atoms with Crippen LogP contribution in [0.5, 0.6) is 0 Å². The molecular weight excluding hydrogens is 344 g/mol. The van der Waals surface area contributed by atoms with Crippen molar-refractivity contribution in [1.29, 1.82) is 0 Å². The maximum absolute atomic E-state index is 5.26. The van der Waals surface area contributed by atoms with Crippen LogP contribution >= 0.6 is 11.3 Å². The third-order valence-corrected chi connectivity index (χ3v) is 5.83. The summed E-state index contributed by atoms with van der Waals surface area (Å²) in [5.74, 6) is 0. The molecule has 0 bridgehead atoms. The minimum atomic E-state index is 0.354. The van der Waals surface area contributed by atoms with Crippen LogP contribution in [0.1, 0.15) is 12.0 Å². The smallest absolute Gasteiger partial charge is 0.0971 e. The number of hydrogen-bond acceptors (Lipinski definition) is 5. The van der Waals surface area contributed by atoms with Gasteiger partial charge in [0.15, 0.2) is 0 Å². The van der Waals surface area contributed by atoms with Crippen LogP contribution in [0.3, 0.4) is 0 Å². The number of rotatable bonds is 6. The maximum atomic E-state index is 5.26. The molecule has 3 heterocycles. The molecule has 4 rings (SSSR count). The number of nitrogens with one attached hydrogen (secondary N) is 2. The molecule has 2 unspecified atom stereocenters. The lowest BCUT2D eigenvalue weighted by atomic mass is 10.1. The van der Waals surface area contributed by atoms with Crippen LogP contribution in [-0.2, 0) is 11.3 Å². The van der Waals surface area contributed by atoms with Crippen LogP contribution in [0.4, 0.5) is 0 Å². The summed E-state index contributed by atoms with van der Waals surface area (Å²) in [6, 6.07) is 13.3. The zero-order chi connectivity index (χ0) is 17.9. The number of methoxy groups -OCH3 is 1. The molecule has 6 heteroatoms. The van der Waals surface area contributed by atoms with E-state index in [0.717, 1.165) is 30.8 Å². The molecule has 136 valence electrons. The molecule has 2 N–H and O–H groups in total. The number of aromatic nitrogens is 2. The second-order valence-electron chi connectivity index (χ2n) is 6.77. The second kappa shape index (κ2) is 7.72. The highest BCUT2D eigenvalue weighted by Crippen LogP contribution is 2.36. The standard InChI is InChI=1S/C20H24N4OS/c1-14-8-9-26-20(14)19-18(15-6-4-3-5-7-15)21-13-24(19)11-16-10-17(12-25-2)23-22-16/h3-9,13,16-17,22-23H,10-12H2,1-2H3. The van der Waals surface area contributed by atoms with Crippen molar-refractivity contribution in [2.75, 3.05) is 13.7 Å². The van der Waals surface area contributed by atoms with Crippen molar-refractivity contribution >= 4 is 11.3 Å². The Kier molecular flexibility index (Phi) is 5.17. The summed E-state index contributed by atoms with van der Waals surface area (Å²) in [6.07, 6.45) is 3.01. The number of benzene rings is 1. The van der Waals surface area contributed by atoms with E-state index in [1.807, 2.05) is 12.4 Å². The largest absolute Gasteiger partial charge is 0.383 e. The van der Waals surface area contributed by atoms with Gasteiger partial charge in [0.1, 0.15) is 0 Å². The second-order valence-corrected chi connectivity index (χ2v) is 7.68. The molecule has 3 aromatic rings. The van der Waals surface area contributed by atoms with Gasteiger partial charge < -0.3 is 9.30 Å². The highest BCUT2D eigenvalue weighted by atomic mass is 32.1. The van der Waals surface area contributed by atoms with E-state index >= 15 is 0 Å². The number of nitrogens with zero attached hydrogens (tertiary/aromatic N) is 2. The Morgan fingerprint density at radius 1 is 1.19 bits per heavy atom. The van der Waals surface area contributed by atoms with Gasteiger partial charge in [0.2, 0.25) is 0 Å². The van der Waals surface area contributed by atoms with Gasteiger partial charge in [-0.15, -0.1) is 11.3 Å². The lowest BCUT2D eigenvalue weighted by Gasteiger charge is -2.14. The first kappa shape index (κ1) is 17.4. The fourth-order valence-electron chi connectivity index (χ4n) is 3.55. The zero-order valence-electron chi connectivity index (χ0n) is 15.1. The Bertz CT molecular complexity index is 858. The highest BCUT2D eigenvalue weighted by molar-refractivity contribution is 7.13. The van der Waals surface area contributed by atoms with E-state index in [9.17, 15) is 0 Å². The first-order valence-corrected chi connectivity index (χ1v) is 9.79. The van der Waals surface area contributed by atoms with Gasteiger partial charge in [-0.3, -0.25) is 10.9 Å². The first-order chi connectivity index (χ1) is 12.8. The van der Waals surface area contributed by atoms with Crippen molar-refractivity contribution < 1.29 is 4.74 Å². The SMILES string of the molecule is COCC1CC(Cn2cnc(-c3ccccc3)c2-c2sccc2C)NN1. The van der Waals surface area contributed by atoms with Crippen molar-refractivity contribution in [2.24, 2.45) is 0 Å². The molecule has 26 heavy (non-hydrogen) atoms. The topological polar surface area (TPSA) is 51.1 Å². The average molecular weight is 369 g/mol. The van der Waals surface area contributed by atoms with Gasteiger partial charge in [0.05, 0.1) is 29.2 Å². The molecule has 2 atom stereocenters. The molecule has 5 nitrogen and oxygen atoms in total. The Morgan fingerprint density at radius 3 is 2.73 bits per heavy atom. The van der Waals surface area contributed by atoms with Gasteiger partial charge in [-0.1, -0.05) is 30.3 Å². The van der Waals surface area contributed by atoms with Crippen molar-refractivity contribution in [3.63, 3.8) is 0 Å². The number of thiophene rings is 1. The van der Waals surface area contributed by atoms with E-state index in [1.165, 1.54) is 16.1 Å². The Labute approximate surface area is 158 Å². The Morgan fingerprint density at radius 2 is 2.00 bits per heavy atom. The Balaban J connectivity index is 1.67. The van der Waals surface area contributed by atoms with Crippen molar-refractivity contribution in [1.82, 2.24) is 20.4 Å². The molecule has 0 spiro atoms. The molecule has 2 aromatic heterocycles. The summed E-state index contributed by atoms with van der Waals surface area (Å²) in [4.78, 5) is 6.07. The van der Waals surface area contributed by atoms with Gasteiger partial charge >= 0.3 is 0 Å².